The quantitative estimate of drug-likeness (QED) is 0.279. The van der Waals surface area contributed by atoms with Crippen molar-refractivity contribution in [1.29, 1.82) is 0 Å². The van der Waals surface area contributed by atoms with Crippen LogP contribution in [0.5, 0.6) is 0 Å². The van der Waals surface area contributed by atoms with Crippen molar-refractivity contribution in [2.45, 2.75) is 78.1 Å². The minimum absolute atomic E-state index is 0.618. The molecule has 0 amide bonds. The molecule has 0 aliphatic rings. The summed E-state index contributed by atoms with van der Waals surface area (Å²) in [5.74, 6) is 0. The van der Waals surface area contributed by atoms with Gasteiger partial charge in [0.1, 0.15) is 15.0 Å². The van der Waals surface area contributed by atoms with E-state index in [1.165, 1.54) is 7.06 Å². The summed E-state index contributed by atoms with van der Waals surface area (Å²) in [5, 5.41) is 0. The summed E-state index contributed by atoms with van der Waals surface area (Å²) in [4.78, 5) is 0. The van der Waals surface area contributed by atoms with Crippen molar-refractivity contribution >= 4 is 98.9 Å². The van der Waals surface area contributed by atoms with Gasteiger partial charge in [-0.15, -0.1) is 21.9 Å². The highest BCUT2D eigenvalue weighted by Gasteiger charge is 2.40. The molecule has 0 atom stereocenters. The van der Waals surface area contributed by atoms with Gasteiger partial charge in [0.05, 0.1) is 58.7 Å². The van der Waals surface area contributed by atoms with Gasteiger partial charge < -0.3 is 8.23 Å². The fourth-order valence-corrected chi connectivity index (χ4v) is 20.1. The lowest BCUT2D eigenvalue weighted by Gasteiger charge is -2.40. The Morgan fingerprint density at radius 3 is 1.65 bits per heavy atom. The SMILES string of the molecule is BBB(B)/C(C[Si](C)(C)O[Si](C)(C)O[Si](C)(C)C/C(B)=C(/BB)CC)=C(/CC)B(B)B. The van der Waals surface area contributed by atoms with E-state index in [1.54, 1.807) is 21.9 Å². The summed E-state index contributed by atoms with van der Waals surface area (Å²) in [6, 6.07) is 2.26. The van der Waals surface area contributed by atoms with E-state index >= 15 is 0 Å². The molecule has 0 aliphatic carbocycles. The monoisotopic (exact) mass is 464 g/mol. The second-order valence-electron chi connectivity index (χ2n) is 11.4. The Kier molecular flexibility index (Phi) is 13.9. The van der Waals surface area contributed by atoms with Gasteiger partial charge >= 0.3 is 8.56 Å². The van der Waals surface area contributed by atoms with Crippen molar-refractivity contribution in [2.75, 3.05) is 0 Å². The molecule has 0 aromatic heterocycles. The van der Waals surface area contributed by atoms with Gasteiger partial charge in [0.15, 0.2) is 16.6 Å². The normalized spacial score (nSPS) is 14.5. The average molecular weight is 463 g/mol. The van der Waals surface area contributed by atoms with Gasteiger partial charge in [0.25, 0.3) is 0 Å². The highest BCUT2D eigenvalue weighted by molar-refractivity contribution is 7.49. The van der Waals surface area contributed by atoms with E-state index in [-0.39, 0.29) is 0 Å². The van der Waals surface area contributed by atoms with Gasteiger partial charge in [-0.3, -0.25) is 0 Å². The van der Waals surface area contributed by atoms with Gasteiger partial charge in [-0.25, -0.2) is 0 Å². The number of allylic oxidation sites excluding steroid dienone is 4. The van der Waals surface area contributed by atoms with Crippen molar-refractivity contribution in [3.05, 3.63) is 21.9 Å². The third kappa shape index (κ3) is 11.6. The molecule has 0 spiro atoms. The second kappa shape index (κ2) is 13.6. The molecule has 0 saturated carbocycles. The van der Waals surface area contributed by atoms with Crippen LogP contribution in [0.25, 0.3) is 0 Å². The fourth-order valence-electron chi connectivity index (χ4n) is 5.36. The molecular formula is C16H46B10O2Si3. The summed E-state index contributed by atoms with van der Waals surface area (Å²) in [6.07, 6.45) is 2.31. The summed E-state index contributed by atoms with van der Waals surface area (Å²) >= 11 is 0. The topological polar surface area (TPSA) is 18.5 Å². The van der Waals surface area contributed by atoms with Crippen LogP contribution in [0.1, 0.15) is 26.7 Å². The highest BCUT2D eigenvalue weighted by Crippen LogP contribution is 2.30. The number of hydrogen-bond acceptors (Lipinski definition) is 2. The zero-order valence-electron chi connectivity index (χ0n) is 23.7. The fraction of sp³-hybridized carbons (Fsp3) is 0.750. The van der Waals surface area contributed by atoms with Gasteiger partial charge in [0.2, 0.25) is 0 Å². The van der Waals surface area contributed by atoms with Crippen LogP contribution in [0.4, 0.5) is 0 Å². The molecule has 31 heavy (non-hydrogen) atoms. The van der Waals surface area contributed by atoms with Crippen molar-refractivity contribution in [1.82, 2.24) is 0 Å². The molecular weight excluding hydrogens is 417 g/mol. The van der Waals surface area contributed by atoms with Crippen molar-refractivity contribution in [2.24, 2.45) is 0 Å². The molecule has 164 valence electrons. The number of rotatable bonds is 14. The van der Waals surface area contributed by atoms with E-state index in [4.69, 9.17) is 8.23 Å². The maximum absolute atomic E-state index is 7.00. The first-order valence-corrected chi connectivity index (χ1v) is 21.9. The van der Waals surface area contributed by atoms with Crippen LogP contribution < -0.4 is 0 Å². The van der Waals surface area contributed by atoms with Gasteiger partial charge in [-0.05, 0) is 64.2 Å². The Bertz CT molecular complexity index is 635. The van der Waals surface area contributed by atoms with Crippen LogP contribution in [0.2, 0.25) is 51.4 Å². The van der Waals surface area contributed by atoms with E-state index in [1.807, 2.05) is 0 Å². The van der Waals surface area contributed by atoms with Gasteiger partial charge in [-0.1, -0.05) is 13.8 Å². The lowest BCUT2D eigenvalue weighted by molar-refractivity contribution is 0.391. The maximum atomic E-state index is 7.00. The van der Waals surface area contributed by atoms with Gasteiger partial charge in [0, 0.05) is 0 Å². The third-order valence-corrected chi connectivity index (χ3v) is 17.5. The largest absolute Gasteiger partial charge is 0.436 e. The minimum atomic E-state index is -2.20. The summed E-state index contributed by atoms with van der Waals surface area (Å²) in [6.45, 7) is 20.0. The Labute approximate surface area is 206 Å². The van der Waals surface area contributed by atoms with E-state index < -0.39 is 25.2 Å². The molecule has 0 heterocycles. The minimum Gasteiger partial charge on any atom is -0.436 e. The lowest BCUT2D eigenvalue weighted by atomic mass is 9.01. The molecule has 0 aromatic carbocycles. The van der Waals surface area contributed by atoms with Gasteiger partial charge in [-0.2, -0.15) is 0 Å². The second-order valence-corrected chi connectivity index (χ2v) is 23.6. The molecule has 0 N–H and O–H groups in total. The van der Waals surface area contributed by atoms with Crippen LogP contribution in [0.15, 0.2) is 21.9 Å². The molecule has 0 aromatic rings. The predicted octanol–water partition coefficient (Wildman–Crippen LogP) is -1.98. The summed E-state index contributed by atoms with van der Waals surface area (Å²) in [5.41, 5.74) is 6.48. The molecule has 0 unspecified atom stereocenters. The summed E-state index contributed by atoms with van der Waals surface area (Å²) in [7, 11) is 10.5. The first kappa shape index (κ1) is 31.7. The molecule has 0 aliphatic heterocycles. The molecule has 2 nitrogen and oxygen atoms in total. The van der Waals surface area contributed by atoms with Crippen LogP contribution in [0, 0.1) is 0 Å². The number of hydrogen-bond donors (Lipinski definition) is 0. The van der Waals surface area contributed by atoms with E-state index in [0.29, 0.717) is 13.0 Å². The molecule has 0 saturated heterocycles. The Hall–Kier alpha value is 0.700. The average Bonchev–Trinajstić information content (AvgIpc) is 2.58. The van der Waals surface area contributed by atoms with Crippen LogP contribution in [0.3, 0.4) is 0 Å². The Morgan fingerprint density at radius 2 is 1.29 bits per heavy atom. The predicted molar refractivity (Wildman–Crippen MR) is 176 cm³/mol. The summed E-state index contributed by atoms with van der Waals surface area (Å²) < 4.78 is 13.9. The molecule has 0 bridgehead atoms. The molecule has 0 rings (SSSR count). The highest BCUT2D eigenvalue weighted by atomic mass is 28.5. The zero-order valence-corrected chi connectivity index (χ0v) is 26.7. The van der Waals surface area contributed by atoms with Crippen molar-refractivity contribution < 1.29 is 8.23 Å². The van der Waals surface area contributed by atoms with Crippen molar-refractivity contribution in [3.8, 4) is 0 Å². The van der Waals surface area contributed by atoms with Crippen molar-refractivity contribution in [3.63, 3.8) is 0 Å². The first-order chi connectivity index (χ1) is 14.0. The molecule has 0 fully saturated rings. The van der Waals surface area contributed by atoms with E-state index in [2.05, 4.69) is 99.7 Å². The Balaban J connectivity index is 5.60. The first-order valence-electron chi connectivity index (χ1n) is 12.8. The van der Waals surface area contributed by atoms with E-state index in [9.17, 15) is 0 Å². The third-order valence-electron chi connectivity index (χ3n) is 6.51. The maximum Gasteiger partial charge on any atom is 0.311 e. The molecule has 0 radical (unpaired) electrons. The molecule has 15 heteroatoms. The van der Waals surface area contributed by atoms with Crippen LogP contribution in [-0.4, -0.2) is 98.9 Å². The lowest BCUT2D eigenvalue weighted by Crippen LogP contribution is -2.53. The van der Waals surface area contributed by atoms with Crippen LogP contribution >= 0.6 is 0 Å². The Morgan fingerprint density at radius 1 is 0.806 bits per heavy atom. The standard InChI is InChI=1S/C16H46B10O2Si3/c1-9-14(23-18)13(17)11-29(3,4)27-31(7,8)28-30(5,6)12-16(26(22)24-19)15(10-2)25(20)21/h23-24H,9-12,17-22H2,1-8H3/b14-13-,16-15-. The van der Waals surface area contributed by atoms with Crippen LogP contribution in [-0.2, 0) is 8.23 Å². The van der Waals surface area contributed by atoms with E-state index in [0.717, 1.165) is 32.1 Å². The zero-order chi connectivity index (χ0) is 24.6. The smallest absolute Gasteiger partial charge is 0.311 e.